The summed E-state index contributed by atoms with van der Waals surface area (Å²) in [6.45, 7) is 2.69. The van der Waals surface area contributed by atoms with Crippen molar-refractivity contribution in [3.8, 4) is 6.07 Å². The number of rotatable bonds is 2. The number of nitrogens with zero attached hydrogens (tertiary/aromatic N) is 2. The van der Waals surface area contributed by atoms with E-state index in [4.69, 9.17) is 5.26 Å². The highest BCUT2D eigenvalue weighted by Gasteiger charge is 2.37. The van der Waals surface area contributed by atoms with Gasteiger partial charge in [-0.25, -0.2) is 4.39 Å². The third-order valence-corrected chi connectivity index (χ3v) is 4.68. The van der Waals surface area contributed by atoms with Gasteiger partial charge in [0.2, 0.25) is 0 Å². The van der Waals surface area contributed by atoms with Crippen molar-refractivity contribution in [1.29, 1.82) is 5.26 Å². The van der Waals surface area contributed by atoms with E-state index in [0.717, 1.165) is 0 Å². The van der Waals surface area contributed by atoms with Crippen LogP contribution in [0.25, 0.3) is 0 Å². The van der Waals surface area contributed by atoms with Crippen molar-refractivity contribution >= 4 is 27.6 Å². The van der Waals surface area contributed by atoms with Crippen LogP contribution in [0.3, 0.4) is 0 Å². The number of carbonyl (C=O) groups is 1. The SMILES string of the molecule is CC1(C(=O)O)CCN(c2ccc(C#N)c(Br)c2F)CC1. The molecule has 20 heavy (non-hydrogen) atoms. The summed E-state index contributed by atoms with van der Waals surface area (Å²) in [5.74, 6) is -1.28. The molecule has 0 spiro atoms. The van der Waals surface area contributed by atoms with E-state index in [1.807, 2.05) is 11.0 Å². The monoisotopic (exact) mass is 340 g/mol. The zero-order valence-electron chi connectivity index (χ0n) is 11.0. The summed E-state index contributed by atoms with van der Waals surface area (Å²) in [5, 5.41) is 18.0. The molecule has 0 aromatic heterocycles. The van der Waals surface area contributed by atoms with Crippen molar-refractivity contribution in [3.63, 3.8) is 0 Å². The molecule has 6 heteroatoms. The number of hydrogen-bond acceptors (Lipinski definition) is 3. The molecule has 106 valence electrons. The highest BCUT2D eigenvalue weighted by Crippen LogP contribution is 2.36. The second-order valence-electron chi connectivity index (χ2n) is 5.22. The Hall–Kier alpha value is -1.61. The van der Waals surface area contributed by atoms with Gasteiger partial charge in [0.05, 0.1) is 21.1 Å². The number of nitriles is 1. The normalized spacial score (nSPS) is 17.6. The van der Waals surface area contributed by atoms with Crippen LogP contribution in [0.5, 0.6) is 0 Å². The van der Waals surface area contributed by atoms with Crippen LogP contribution in [0.2, 0.25) is 0 Å². The molecule has 1 N–H and O–H groups in total. The van der Waals surface area contributed by atoms with Gasteiger partial charge in [-0.05, 0) is 47.8 Å². The quantitative estimate of drug-likeness (QED) is 0.898. The van der Waals surface area contributed by atoms with Crippen LogP contribution < -0.4 is 4.90 Å². The van der Waals surface area contributed by atoms with Gasteiger partial charge in [0.1, 0.15) is 6.07 Å². The summed E-state index contributed by atoms with van der Waals surface area (Å²) in [6.07, 6.45) is 0.943. The first-order valence-electron chi connectivity index (χ1n) is 6.25. The first-order valence-corrected chi connectivity index (χ1v) is 7.05. The van der Waals surface area contributed by atoms with Gasteiger partial charge in [-0.1, -0.05) is 0 Å². The molecule has 1 aliphatic rings. The van der Waals surface area contributed by atoms with Crippen LogP contribution in [0.4, 0.5) is 10.1 Å². The van der Waals surface area contributed by atoms with E-state index in [0.29, 0.717) is 31.6 Å². The highest BCUT2D eigenvalue weighted by atomic mass is 79.9. The topological polar surface area (TPSA) is 64.3 Å². The van der Waals surface area contributed by atoms with Crippen molar-refractivity contribution in [1.82, 2.24) is 0 Å². The summed E-state index contributed by atoms with van der Waals surface area (Å²) >= 11 is 3.09. The van der Waals surface area contributed by atoms with Gasteiger partial charge in [0, 0.05) is 13.1 Å². The second kappa shape index (κ2) is 5.41. The predicted octanol–water partition coefficient (Wildman–Crippen LogP) is 3.15. The third kappa shape index (κ3) is 2.50. The van der Waals surface area contributed by atoms with Gasteiger partial charge in [-0.2, -0.15) is 5.26 Å². The predicted molar refractivity (Wildman–Crippen MR) is 76.0 cm³/mol. The maximum atomic E-state index is 14.2. The maximum absolute atomic E-state index is 14.2. The molecule has 0 bridgehead atoms. The minimum Gasteiger partial charge on any atom is -0.481 e. The molecule has 0 radical (unpaired) electrons. The lowest BCUT2D eigenvalue weighted by atomic mass is 9.80. The number of benzene rings is 1. The molecule has 1 aromatic rings. The minimum absolute atomic E-state index is 0.157. The van der Waals surface area contributed by atoms with Crippen LogP contribution in [0.15, 0.2) is 16.6 Å². The van der Waals surface area contributed by atoms with Crippen molar-refractivity contribution in [2.75, 3.05) is 18.0 Å². The summed E-state index contributed by atoms with van der Waals surface area (Å²) in [4.78, 5) is 13.0. The van der Waals surface area contributed by atoms with Crippen LogP contribution >= 0.6 is 15.9 Å². The Labute approximate surface area is 124 Å². The number of piperidine rings is 1. The Morgan fingerprint density at radius 2 is 2.10 bits per heavy atom. The Morgan fingerprint density at radius 3 is 2.60 bits per heavy atom. The van der Waals surface area contributed by atoms with Crippen LogP contribution in [0.1, 0.15) is 25.3 Å². The highest BCUT2D eigenvalue weighted by molar-refractivity contribution is 9.10. The van der Waals surface area contributed by atoms with Gasteiger partial charge >= 0.3 is 5.97 Å². The molecule has 2 rings (SSSR count). The van der Waals surface area contributed by atoms with Gasteiger partial charge < -0.3 is 10.0 Å². The van der Waals surface area contributed by atoms with Crippen LogP contribution in [-0.4, -0.2) is 24.2 Å². The fourth-order valence-corrected chi connectivity index (χ4v) is 2.75. The zero-order valence-corrected chi connectivity index (χ0v) is 12.6. The number of carboxylic acid groups (broad SMARTS) is 1. The van der Waals surface area contributed by atoms with E-state index >= 15 is 0 Å². The van der Waals surface area contributed by atoms with Crippen molar-refractivity contribution in [3.05, 3.63) is 28.0 Å². The molecule has 1 aliphatic heterocycles. The van der Waals surface area contributed by atoms with Crippen molar-refractivity contribution in [2.45, 2.75) is 19.8 Å². The Kier molecular flexibility index (Phi) is 4.00. The number of halogens is 2. The summed E-state index contributed by atoms with van der Waals surface area (Å²) in [7, 11) is 0. The van der Waals surface area contributed by atoms with E-state index in [1.165, 1.54) is 0 Å². The number of carboxylic acids is 1. The zero-order chi connectivity index (χ0) is 14.9. The van der Waals surface area contributed by atoms with Crippen molar-refractivity contribution < 1.29 is 14.3 Å². The molecule has 0 atom stereocenters. The van der Waals surface area contributed by atoms with E-state index in [2.05, 4.69) is 15.9 Å². The van der Waals surface area contributed by atoms with E-state index in [1.54, 1.807) is 19.1 Å². The summed E-state index contributed by atoms with van der Waals surface area (Å²) in [5.41, 5.74) is -0.0847. The number of anilines is 1. The Balaban J connectivity index is 2.22. The van der Waals surface area contributed by atoms with Gasteiger partial charge in [-0.15, -0.1) is 0 Å². The van der Waals surface area contributed by atoms with Gasteiger partial charge in [-0.3, -0.25) is 4.79 Å². The Morgan fingerprint density at radius 1 is 1.50 bits per heavy atom. The van der Waals surface area contributed by atoms with Gasteiger partial charge in [0.15, 0.2) is 5.82 Å². The molecule has 0 amide bonds. The lowest BCUT2D eigenvalue weighted by Gasteiger charge is -2.37. The minimum atomic E-state index is -0.807. The third-order valence-electron chi connectivity index (χ3n) is 3.91. The summed E-state index contributed by atoms with van der Waals surface area (Å²) < 4.78 is 14.4. The Bertz CT molecular complexity index is 590. The van der Waals surface area contributed by atoms with Crippen molar-refractivity contribution in [2.24, 2.45) is 5.41 Å². The fraction of sp³-hybridized carbons (Fsp3) is 0.429. The maximum Gasteiger partial charge on any atom is 0.309 e. The molecule has 0 unspecified atom stereocenters. The smallest absolute Gasteiger partial charge is 0.309 e. The van der Waals surface area contributed by atoms with Gasteiger partial charge in [0.25, 0.3) is 0 Å². The summed E-state index contributed by atoms with van der Waals surface area (Å²) in [6, 6.07) is 5.05. The number of aliphatic carboxylic acids is 1. The van der Waals surface area contributed by atoms with Crippen LogP contribution in [0, 0.1) is 22.6 Å². The number of hydrogen-bond donors (Lipinski definition) is 1. The average Bonchev–Trinajstić information content (AvgIpc) is 2.43. The lowest BCUT2D eigenvalue weighted by molar-refractivity contribution is -0.149. The molecule has 1 saturated heterocycles. The fourth-order valence-electron chi connectivity index (χ4n) is 2.32. The first kappa shape index (κ1) is 14.8. The molecular weight excluding hydrogens is 327 g/mol. The molecule has 4 nitrogen and oxygen atoms in total. The largest absolute Gasteiger partial charge is 0.481 e. The first-order chi connectivity index (χ1) is 9.39. The van der Waals surface area contributed by atoms with Crippen LogP contribution in [-0.2, 0) is 4.79 Å². The molecular formula is C14H14BrFN2O2. The molecule has 0 aliphatic carbocycles. The molecule has 1 heterocycles. The lowest BCUT2D eigenvalue weighted by Crippen LogP contribution is -2.43. The molecule has 1 fully saturated rings. The van der Waals surface area contributed by atoms with E-state index in [9.17, 15) is 14.3 Å². The van der Waals surface area contributed by atoms with E-state index in [-0.39, 0.29) is 10.0 Å². The molecule has 1 aromatic carbocycles. The average molecular weight is 341 g/mol. The standard InChI is InChI=1S/C14H14BrFN2O2/c1-14(13(19)20)4-6-18(7-5-14)10-3-2-9(8-17)11(15)12(10)16/h2-3H,4-7H2,1H3,(H,19,20). The van der Waals surface area contributed by atoms with E-state index < -0.39 is 17.2 Å². The second-order valence-corrected chi connectivity index (χ2v) is 6.02. The molecule has 0 saturated carbocycles.